The summed E-state index contributed by atoms with van der Waals surface area (Å²) in [5, 5.41) is 13.2. The molecule has 26 heavy (non-hydrogen) atoms. The Bertz CT molecular complexity index is 768. The summed E-state index contributed by atoms with van der Waals surface area (Å²) in [6, 6.07) is 4.94. The number of rotatable bonds is 3. The summed E-state index contributed by atoms with van der Waals surface area (Å²) in [6.07, 6.45) is 2.29. The van der Waals surface area contributed by atoms with Gasteiger partial charge >= 0.3 is 12.2 Å². The van der Waals surface area contributed by atoms with Crippen LogP contribution in [-0.4, -0.2) is 39.9 Å². The van der Waals surface area contributed by atoms with Gasteiger partial charge in [0.05, 0.1) is 10.6 Å². The Labute approximate surface area is 149 Å². The molecule has 0 spiro atoms. The summed E-state index contributed by atoms with van der Waals surface area (Å²) in [5.74, 6) is 0. The molecule has 3 rings (SSSR count). The van der Waals surface area contributed by atoms with E-state index < -0.39 is 28.8 Å². The lowest BCUT2D eigenvalue weighted by molar-refractivity contribution is -0.384. The summed E-state index contributed by atoms with van der Waals surface area (Å²) in [6.45, 7) is 5.13. The van der Waals surface area contributed by atoms with Gasteiger partial charge in [0.25, 0.3) is 5.69 Å². The molecule has 2 amide bonds. The largest absolute Gasteiger partial charge is 0.442 e. The zero-order valence-corrected chi connectivity index (χ0v) is 14.6. The molecule has 0 bridgehead atoms. The fourth-order valence-electron chi connectivity index (χ4n) is 2.85. The molecule has 0 aromatic heterocycles. The van der Waals surface area contributed by atoms with Crippen molar-refractivity contribution in [2.24, 2.45) is 0 Å². The Kier molecular flexibility index (Phi) is 4.31. The Hall–Kier alpha value is -3.10. The van der Waals surface area contributed by atoms with Gasteiger partial charge in [-0.05, 0) is 45.4 Å². The van der Waals surface area contributed by atoms with Gasteiger partial charge in [-0.25, -0.2) is 14.6 Å². The standard InChI is InChI=1S/C17H19N3O6/c1-17(2,3)26-16(22)18(11-7-9-12(10-8-11)20(23)24)19-13-5-4-6-14(13)25-15(19)21/h4,6-10,13-14H,5H2,1-3H3/t13-,14+/m0/s1. The zero-order valence-electron chi connectivity index (χ0n) is 14.6. The summed E-state index contributed by atoms with van der Waals surface area (Å²) in [7, 11) is 0. The zero-order chi connectivity index (χ0) is 19.1. The molecule has 138 valence electrons. The molecule has 1 aliphatic heterocycles. The van der Waals surface area contributed by atoms with Crippen molar-refractivity contribution >= 4 is 23.6 Å². The summed E-state index contributed by atoms with van der Waals surface area (Å²) in [5.41, 5.74) is -0.635. The van der Waals surface area contributed by atoms with Crippen molar-refractivity contribution in [1.29, 1.82) is 0 Å². The minimum atomic E-state index is -0.785. The minimum Gasteiger partial charge on any atom is -0.442 e. The lowest BCUT2D eigenvalue weighted by Crippen LogP contribution is -2.53. The summed E-state index contributed by atoms with van der Waals surface area (Å²) < 4.78 is 10.7. The lowest BCUT2D eigenvalue weighted by atomic mass is 10.2. The number of nitro groups is 1. The molecule has 1 aromatic carbocycles. The van der Waals surface area contributed by atoms with Crippen molar-refractivity contribution in [1.82, 2.24) is 5.01 Å². The van der Waals surface area contributed by atoms with E-state index in [0.29, 0.717) is 6.42 Å². The van der Waals surface area contributed by atoms with Crippen LogP contribution in [-0.2, 0) is 9.47 Å². The topological polar surface area (TPSA) is 102 Å². The predicted molar refractivity (Wildman–Crippen MR) is 91.5 cm³/mol. The van der Waals surface area contributed by atoms with Crippen molar-refractivity contribution in [3.63, 3.8) is 0 Å². The third kappa shape index (κ3) is 3.32. The number of non-ortho nitro benzene ring substituents is 1. The highest BCUT2D eigenvalue weighted by molar-refractivity contribution is 5.91. The third-order valence-corrected chi connectivity index (χ3v) is 3.91. The molecule has 1 heterocycles. The Balaban J connectivity index is 1.98. The van der Waals surface area contributed by atoms with Gasteiger partial charge in [0.15, 0.2) is 0 Å². The molecular formula is C17H19N3O6. The number of ether oxygens (including phenoxy) is 2. The van der Waals surface area contributed by atoms with Crippen LogP contribution in [0.2, 0.25) is 0 Å². The highest BCUT2D eigenvalue weighted by Gasteiger charge is 2.48. The molecule has 1 aliphatic carbocycles. The number of hydrogen-bond donors (Lipinski definition) is 0. The first-order chi connectivity index (χ1) is 12.2. The van der Waals surface area contributed by atoms with Crippen LogP contribution in [0, 0.1) is 10.1 Å². The first-order valence-corrected chi connectivity index (χ1v) is 8.11. The summed E-state index contributed by atoms with van der Waals surface area (Å²) in [4.78, 5) is 35.5. The maximum atomic E-state index is 12.8. The second-order valence-corrected chi connectivity index (χ2v) is 6.99. The fraction of sp³-hybridized carbons (Fsp3) is 0.412. The smallest absolute Gasteiger partial charge is 0.434 e. The number of nitro benzene ring substituents is 1. The SMILES string of the molecule is CC(C)(C)OC(=O)N(c1ccc([N+](=O)[O-])cc1)N1C(=O)O[C@@H]2C=CC[C@@H]21. The Morgan fingerprint density at radius 2 is 2.00 bits per heavy atom. The molecule has 1 saturated heterocycles. The van der Waals surface area contributed by atoms with E-state index in [0.717, 1.165) is 5.01 Å². The second-order valence-electron chi connectivity index (χ2n) is 6.99. The van der Waals surface area contributed by atoms with E-state index >= 15 is 0 Å². The Morgan fingerprint density at radius 3 is 2.58 bits per heavy atom. The van der Waals surface area contributed by atoms with Gasteiger partial charge in [-0.1, -0.05) is 6.08 Å². The van der Waals surface area contributed by atoms with Crippen LogP contribution in [0.25, 0.3) is 0 Å². The number of anilines is 1. The number of carbonyl (C=O) groups excluding carboxylic acids is 2. The van der Waals surface area contributed by atoms with E-state index in [1.807, 2.05) is 6.08 Å². The molecule has 9 heteroatoms. The number of carbonyl (C=O) groups is 2. The van der Waals surface area contributed by atoms with Gasteiger partial charge in [-0.15, -0.1) is 0 Å². The number of fused-ring (bicyclic) bond motifs is 1. The van der Waals surface area contributed by atoms with Gasteiger partial charge < -0.3 is 9.47 Å². The number of nitrogens with zero attached hydrogens (tertiary/aromatic N) is 3. The van der Waals surface area contributed by atoms with Crippen LogP contribution in [0.4, 0.5) is 21.0 Å². The average Bonchev–Trinajstić information content (AvgIpc) is 3.08. The van der Waals surface area contributed by atoms with E-state index in [2.05, 4.69) is 0 Å². The first-order valence-electron chi connectivity index (χ1n) is 8.11. The van der Waals surface area contributed by atoms with Crippen LogP contribution in [0.3, 0.4) is 0 Å². The van der Waals surface area contributed by atoms with Gasteiger partial charge in [-0.3, -0.25) is 10.1 Å². The van der Waals surface area contributed by atoms with Crippen molar-refractivity contribution < 1.29 is 24.0 Å². The maximum absolute atomic E-state index is 12.8. The van der Waals surface area contributed by atoms with Crippen LogP contribution in [0.15, 0.2) is 36.4 Å². The molecule has 0 unspecified atom stereocenters. The molecule has 9 nitrogen and oxygen atoms in total. The molecule has 1 aromatic rings. The summed E-state index contributed by atoms with van der Waals surface area (Å²) >= 11 is 0. The maximum Gasteiger partial charge on any atom is 0.434 e. The van der Waals surface area contributed by atoms with Gasteiger partial charge in [-0.2, -0.15) is 5.01 Å². The van der Waals surface area contributed by atoms with E-state index in [1.54, 1.807) is 26.8 Å². The van der Waals surface area contributed by atoms with Gasteiger partial charge in [0.1, 0.15) is 17.7 Å². The second kappa shape index (κ2) is 6.32. The normalized spacial score (nSPS) is 21.3. The van der Waals surface area contributed by atoms with Crippen molar-refractivity contribution in [3.05, 3.63) is 46.5 Å². The highest BCUT2D eigenvalue weighted by atomic mass is 16.6. The molecular weight excluding hydrogens is 342 g/mol. The minimum absolute atomic E-state index is 0.123. The predicted octanol–water partition coefficient (Wildman–Crippen LogP) is 3.40. The lowest BCUT2D eigenvalue weighted by Gasteiger charge is -2.34. The number of hydrazine groups is 1. The average molecular weight is 361 g/mol. The quantitative estimate of drug-likeness (QED) is 0.464. The van der Waals surface area contributed by atoms with Gasteiger partial charge in [0.2, 0.25) is 0 Å². The molecule has 2 aliphatic rings. The van der Waals surface area contributed by atoms with Crippen LogP contribution >= 0.6 is 0 Å². The number of benzene rings is 1. The van der Waals surface area contributed by atoms with E-state index in [1.165, 1.54) is 29.3 Å². The molecule has 0 saturated carbocycles. The number of amides is 2. The van der Waals surface area contributed by atoms with E-state index in [-0.39, 0.29) is 17.4 Å². The van der Waals surface area contributed by atoms with Crippen molar-refractivity contribution in [2.45, 2.75) is 44.9 Å². The Morgan fingerprint density at radius 1 is 1.35 bits per heavy atom. The monoisotopic (exact) mass is 361 g/mol. The number of hydrogen-bond acceptors (Lipinski definition) is 6. The fourth-order valence-corrected chi connectivity index (χ4v) is 2.85. The van der Waals surface area contributed by atoms with Crippen molar-refractivity contribution in [3.8, 4) is 0 Å². The van der Waals surface area contributed by atoms with E-state index in [4.69, 9.17) is 9.47 Å². The molecule has 2 atom stereocenters. The molecule has 0 radical (unpaired) electrons. The highest BCUT2D eigenvalue weighted by Crippen LogP contribution is 2.33. The van der Waals surface area contributed by atoms with Crippen LogP contribution in [0.5, 0.6) is 0 Å². The molecule has 1 fully saturated rings. The first kappa shape index (κ1) is 17.7. The van der Waals surface area contributed by atoms with Gasteiger partial charge in [0, 0.05) is 12.1 Å². The van der Waals surface area contributed by atoms with Crippen LogP contribution in [0.1, 0.15) is 27.2 Å². The third-order valence-electron chi connectivity index (χ3n) is 3.91. The van der Waals surface area contributed by atoms with Crippen molar-refractivity contribution in [2.75, 3.05) is 5.01 Å². The van der Waals surface area contributed by atoms with Crippen LogP contribution < -0.4 is 5.01 Å². The molecule has 0 N–H and O–H groups in total. The van der Waals surface area contributed by atoms with E-state index in [9.17, 15) is 19.7 Å².